The van der Waals surface area contributed by atoms with Crippen LogP contribution in [0.1, 0.15) is 30.4 Å². The molecule has 0 aliphatic carbocycles. The molecule has 1 unspecified atom stereocenters. The van der Waals surface area contributed by atoms with Crippen molar-refractivity contribution < 1.29 is 4.74 Å². The molecule has 0 aliphatic rings. The van der Waals surface area contributed by atoms with Gasteiger partial charge in [0.15, 0.2) is 0 Å². The number of rotatable bonds is 9. The first-order valence-electron chi connectivity index (χ1n) is 8.84. The summed E-state index contributed by atoms with van der Waals surface area (Å²) >= 11 is 0. The molecule has 2 rings (SSSR count). The lowest BCUT2D eigenvalue weighted by Gasteiger charge is -2.21. The van der Waals surface area contributed by atoms with E-state index in [0.717, 1.165) is 28.9 Å². The van der Waals surface area contributed by atoms with Gasteiger partial charge in [-0.05, 0) is 46.9 Å². The van der Waals surface area contributed by atoms with Crippen LogP contribution in [0.4, 0.5) is 0 Å². The highest BCUT2D eigenvalue weighted by atomic mass is 16.5. The van der Waals surface area contributed by atoms with Gasteiger partial charge in [0.25, 0.3) is 0 Å². The Balaban J connectivity index is 2.16. The zero-order valence-electron chi connectivity index (χ0n) is 15.4. The molecule has 0 aromatic heterocycles. The molecule has 0 heterocycles. The predicted molar refractivity (Wildman–Crippen MR) is 112 cm³/mol. The zero-order valence-corrected chi connectivity index (χ0v) is 15.4. The van der Waals surface area contributed by atoms with Crippen LogP contribution in [0.5, 0.6) is 5.75 Å². The summed E-state index contributed by atoms with van der Waals surface area (Å²) in [5, 5.41) is 0. The summed E-state index contributed by atoms with van der Waals surface area (Å²) in [7, 11) is 0. The molecule has 0 amide bonds. The number of allylic oxidation sites excluding steroid dienone is 2. The molecule has 0 fully saturated rings. The number of hydrogen-bond acceptors (Lipinski definition) is 1. The van der Waals surface area contributed by atoms with Crippen LogP contribution in [0.2, 0.25) is 0 Å². The van der Waals surface area contributed by atoms with Crippen molar-refractivity contribution in [3.8, 4) is 5.75 Å². The molecule has 0 saturated heterocycles. The van der Waals surface area contributed by atoms with Crippen molar-refractivity contribution in [3.63, 3.8) is 0 Å². The second kappa shape index (κ2) is 10.1. The van der Waals surface area contributed by atoms with Crippen molar-refractivity contribution in [2.24, 2.45) is 0 Å². The van der Waals surface area contributed by atoms with Gasteiger partial charge in [0.1, 0.15) is 12.4 Å². The van der Waals surface area contributed by atoms with E-state index in [2.05, 4.69) is 56.7 Å². The molecule has 0 radical (unpaired) electrons. The maximum atomic E-state index is 6.01. The van der Waals surface area contributed by atoms with Gasteiger partial charge < -0.3 is 4.74 Å². The molecule has 0 aliphatic heterocycles. The summed E-state index contributed by atoms with van der Waals surface area (Å²) in [5.74, 6) is 1.07. The fraction of sp³-hybridized carbons (Fsp3) is 0.160. The van der Waals surface area contributed by atoms with Crippen molar-refractivity contribution in [2.75, 3.05) is 6.61 Å². The summed E-state index contributed by atoms with van der Waals surface area (Å²) in [6, 6.07) is 18.3. The maximum absolute atomic E-state index is 6.01. The molecule has 0 N–H and O–H groups in total. The van der Waals surface area contributed by atoms with Crippen LogP contribution in [0.25, 0.3) is 6.08 Å². The van der Waals surface area contributed by atoms with E-state index in [1.165, 1.54) is 5.56 Å². The van der Waals surface area contributed by atoms with E-state index in [-0.39, 0.29) is 5.92 Å². The van der Waals surface area contributed by atoms with Crippen LogP contribution in [0, 0.1) is 0 Å². The van der Waals surface area contributed by atoms with Gasteiger partial charge in [-0.2, -0.15) is 0 Å². The zero-order chi connectivity index (χ0) is 18.8. The minimum atomic E-state index is 0.265. The first kappa shape index (κ1) is 19.3. The van der Waals surface area contributed by atoms with Crippen LogP contribution in [0.15, 0.2) is 103 Å². The van der Waals surface area contributed by atoms with E-state index in [1.807, 2.05) is 42.5 Å². The van der Waals surface area contributed by atoms with Gasteiger partial charge in [0.2, 0.25) is 0 Å². The highest BCUT2D eigenvalue weighted by molar-refractivity contribution is 5.51. The van der Waals surface area contributed by atoms with E-state index in [9.17, 15) is 0 Å². The summed E-state index contributed by atoms with van der Waals surface area (Å²) < 4.78 is 6.01. The Morgan fingerprint density at radius 3 is 2.58 bits per heavy atom. The molecule has 1 nitrogen and oxygen atoms in total. The topological polar surface area (TPSA) is 9.23 Å². The average Bonchev–Trinajstić information content (AvgIpc) is 2.67. The molecule has 0 bridgehead atoms. The molecule has 26 heavy (non-hydrogen) atoms. The van der Waals surface area contributed by atoms with Gasteiger partial charge in [-0.25, -0.2) is 0 Å². The predicted octanol–water partition coefficient (Wildman–Crippen LogP) is 6.73. The molecule has 2 aromatic carbocycles. The van der Waals surface area contributed by atoms with E-state index < -0.39 is 0 Å². The van der Waals surface area contributed by atoms with Crippen LogP contribution in [-0.2, 0) is 0 Å². The van der Waals surface area contributed by atoms with E-state index in [4.69, 9.17) is 4.74 Å². The summed E-state index contributed by atoms with van der Waals surface area (Å²) in [6.45, 7) is 14.4. The van der Waals surface area contributed by atoms with E-state index in [0.29, 0.717) is 6.61 Å². The molecule has 1 heteroatoms. The Kier molecular flexibility index (Phi) is 7.49. The SMILES string of the molecule is C=C=Cc1cccc(OCC(=CC=C)C(=C)C(CC)c2ccccc2)c1. The van der Waals surface area contributed by atoms with Gasteiger partial charge in [-0.1, -0.05) is 81.3 Å². The largest absolute Gasteiger partial charge is 0.489 e. The Morgan fingerprint density at radius 1 is 1.15 bits per heavy atom. The quantitative estimate of drug-likeness (QED) is 0.363. The third-order valence-electron chi connectivity index (χ3n) is 4.28. The van der Waals surface area contributed by atoms with Crippen LogP contribution < -0.4 is 4.74 Å². The number of benzene rings is 2. The lowest BCUT2D eigenvalue weighted by atomic mass is 9.85. The minimum Gasteiger partial charge on any atom is -0.489 e. The van der Waals surface area contributed by atoms with Gasteiger partial charge in [0.05, 0.1) is 0 Å². The standard InChI is InChI=1S/C25H26O/c1-5-12-21-14-11-17-24(18-21)26-19-23(13-6-2)20(4)25(7-3)22-15-9-8-10-16-22/h6,8-18,25H,1-2,4,7,19H2,3H3. The molecular formula is C25H26O. The maximum Gasteiger partial charge on any atom is 0.120 e. The first-order chi connectivity index (χ1) is 12.7. The monoisotopic (exact) mass is 342 g/mol. The molecule has 2 aromatic rings. The molecule has 0 spiro atoms. The fourth-order valence-electron chi connectivity index (χ4n) is 2.96. The van der Waals surface area contributed by atoms with Crippen LogP contribution in [0.3, 0.4) is 0 Å². The molecule has 0 saturated carbocycles. The Labute approximate surface area is 157 Å². The van der Waals surface area contributed by atoms with Gasteiger partial charge in [0, 0.05) is 5.92 Å². The minimum absolute atomic E-state index is 0.265. The fourth-order valence-corrected chi connectivity index (χ4v) is 2.96. The van der Waals surface area contributed by atoms with Gasteiger partial charge >= 0.3 is 0 Å². The van der Waals surface area contributed by atoms with Crippen molar-refractivity contribution in [1.82, 2.24) is 0 Å². The number of hydrogen-bond donors (Lipinski definition) is 0. The molecule has 132 valence electrons. The van der Waals surface area contributed by atoms with Gasteiger partial charge in [-0.3, -0.25) is 0 Å². The normalized spacial score (nSPS) is 12.0. The van der Waals surface area contributed by atoms with E-state index in [1.54, 1.807) is 6.08 Å². The average molecular weight is 342 g/mol. The third kappa shape index (κ3) is 5.24. The second-order valence-electron chi connectivity index (χ2n) is 6.03. The lowest BCUT2D eigenvalue weighted by Crippen LogP contribution is -2.09. The molecule has 1 atom stereocenters. The third-order valence-corrected chi connectivity index (χ3v) is 4.28. The Morgan fingerprint density at radius 2 is 1.92 bits per heavy atom. The highest BCUT2D eigenvalue weighted by Crippen LogP contribution is 2.31. The summed E-state index contributed by atoms with van der Waals surface area (Å²) in [4.78, 5) is 0. The first-order valence-corrected chi connectivity index (χ1v) is 8.84. The molecular weight excluding hydrogens is 316 g/mol. The Hall–Kier alpha value is -3.02. The summed E-state index contributed by atoms with van der Waals surface area (Å²) in [6.07, 6.45) is 6.59. The second-order valence-corrected chi connectivity index (χ2v) is 6.03. The lowest BCUT2D eigenvalue weighted by molar-refractivity contribution is 0.352. The van der Waals surface area contributed by atoms with E-state index >= 15 is 0 Å². The summed E-state index contributed by atoms with van der Waals surface area (Å²) in [5.41, 5.74) is 7.20. The number of ether oxygens (including phenoxy) is 1. The van der Waals surface area contributed by atoms with Crippen molar-refractivity contribution in [1.29, 1.82) is 0 Å². The van der Waals surface area contributed by atoms with Crippen molar-refractivity contribution >= 4 is 6.08 Å². The van der Waals surface area contributed by atoms with Crippen molar-refractivity contribution in [2.45, 2.75) is 19.3 Å². The van der Waals surface area contributed by atoms with Gasteiger partial charge in [-0.15, -0.1) is 5.73 Å². The Bertz CT molecular complexity index is 820. The van der Waals surface area contributed by atoms with Crippen LogP contribution in [-0.4, -0.2) is 6.61 Å². The highest BCUT2D eigenvalue weighted by Gasteiger charge is 2.16. The van der Waals surface area contributed by atoms with Crippen LogP contribution >= 0.6 is 0 Å². The van der Waals surface area contributed by atoms with Crippen molar-refractivity contribution in [3.05, 3.63) is 114 Å². The smallest absolute Gasteiger partial charge is 0.120 e.